The fourth-order valence-corrected chi connectivity index (χ4v) is 1.04. The van der Waals surface area contributed by atoms with Gasteiger partial charge in [-0.1, -0.05) is 12.1 Å². The first-order valence-corrected chi connectivity index (χ1v) is 4.44. The maximum absolute atomic E-state index is 11.1. The van der Waals surface area contributed by atoms with E-state index in [2.05, 4.69) is 4.74 Å². The van der Waals surface area contributed by atoms with Crippen LogP contribution in [0.15, 0.2) is 24.3 Å². The van der Waals surface area contributed by atoms with Crippen molar-refractivity contribution in [3.05, 3.63) is 35.4 Å². The first kappa shape index (κ1) is 11.2. The van der Waals surface area contributed by atoms with Crippen LogP contribution in [-0.4, -0.2) is 19.0 Å². The van der Waals surface area contributed by atoms with Gasteiger partial charge in [0, 0.05) is 6.92 Å². The highest BCUT2D eigenvalue weighted by molar-refractivity contribution is 5.89. The summed E-state index contributed by atoms with van der Waals surface area (Å²) in [4.78, 5) is 21.6. The predicted octanol–water partition coefficient (Wildman–Crippen LogP) is 1.54. The highest BCUT2D eigenvalue weighted by Gasteiger charge is 2.04. The van der Waals surface area contributed by atoms with Crippen LogP contribution in [0.25, 0.3) is 0 Å². The zero-order valence-electron chi connectivity index (χ0n) is 8.65. The molecule has 0 bridgehead atoms. The fraction of sp³-hybridized carbons (Fsp3) is 0.273. The minimum absolute atomic E-state index is 0.219. The van der Waals surface area contributed by atoms with Gasteiger partial charge < -0.3 is 9.47 Å². The second-order valence-electron chi connectivity index (χ2n) is 2.97. The molecule has 4 nitrogen and oxygen atoms in total. The van der Waals surface area contributed by atoms with E-state index in [0.717, 1.165) is 5.56 Å². The van der Waals surface area contributed by atoms with Crippen molar-refractivity contribution in [1.29, 1.82) is 0 Å². The molecule has 15 heavy (non-hydrogen) atoms. The molecule has 0 amide bonds. The molecule has 0 saturated heterocycles. The Bertz CT molecular complexity index is 353. The molecule has 4 heteroatoms. The van der Waals surface area contributed by atoms with Crippen LogP contribution in [0.5, 0.6) is 0 Å². The van der Waals surface area contributed by atoms with E-state index in [0.29, 0.717) is 5.56 Å². The Kier molecular flexibility index (Phi) is 3.85. The summed E-state index contributed by atoms with van der Waals surface area (Å²) in [6, 6.07) is 6.69. The summed E-state index contributed by atoms with van der Waals surface area (Å²) >= 11 is 0. The average molecular weight is 208 g/mol. The van der Waals surface area contributed by atoms with E-state index in [4.69, 9.17) is 4.74 Å². The van der Waals surface area contributed by atoms with Gasteiger partial charge in [0.25, 0.3) is 0 Å². The van der Waals surface area contributed by atoms with Crippen LogP contribution in [-0.2, 0) is 20.9 Å². The zero-order chi connectivity index (χ0) is 11.3. The van der Waals surface area contributed by atoms with Gasteiger partial charge in [-0.15, -0.1) is 0 Å². The second-order valence-corrected chi connectivity index (χ2v) is 2.97. The highest BCUT2D eigenvalue weighted by Crippen LogP contribution is 2.06. The summed E-state index contributed by atoms with van der Waals surface area (Å²) in [7, 11) is 1.33. The Morgan fingerprint density at radius 1 is 1.20 bits per heavy atom. The monoisotopic (exact) mass is 208 g/mol. The Hall–Kier alpha value is -1.84. The Morgan fingerprint density at radius 3 is 2.27 bits per heavy atom. The van der Waals surface area contributed by atoms with Crippen LogP contribution in [0.4, 0.5) is 0 Å². The van der Waals surface area contributed by atoms with Crippen LogP contribution < -0.4 is 0 Å². The smallest absolute Gasteiger partial charge is 0.337 e. The van der Waals surface area contributed by atoms with E-state index in [1.807, 2.05) is 0 Å². The fourth-order valence-electron chi connectivity index (χ4n) is 1.04. The largest absolute Gasteiger partial charge is 0.465 e. The van der Waals surface area contributed by atoms with Gasteiger partial charge >= 0.3 is 11.9 Å². The van der Waals surface area contributed by atoms with Crippen LogP contribution in [0.2, 0.25) is 0 Å². The van der Waals surface area contributed by atoms with E-state index in [1.165, 1.54) is 14.0 Å². The summed E-state index contributed by atoms with van der Waals surface area (Å²) in [6.07, 6.45) is 0. The molecule has 0 unspecified atom stereocenters. The van der Waals surface area contributed by atoms with Gasteiger partial charge in [0.05, 0.1) is 12.7 Å². The molecule has 0 aliphatic rings. The lowest BCUT2D eigenvalue weighted by molar-refractivity contribution is -0.142. The van der Waals surface area contributed by atoms with Crippen LogP contribution in [0.3, 0.4) is 0 Å². The summed E-state index contributed by atoms with van der Waals surface area (Å²) in [6.45, 7) is 1.57. The van der Waals surface area contributed by atoms with E-state index >= 15 is 0 Å². The van der Waals surface area contributed by atoms with E-state index in [-0.39, 0.29) is 18.5 Å². The minimum atomic E-state index is -0.381. The molecule has 1 rings (SSSR count). The molecule has 80 valence electrons. The lowest BCUT2D eigenvalue weighted by atomic mass is 10.1. The summed E-state index contributed by atoms with van der Waals surface area (Å²) < 4.78 is 9.35. The van der Waals surface area contributed by atoms with Crippen molar-refractivity contribution in [3.63, 3.8) is 0 Å². The molecule has 0 spiro atoms. The topological polar surface area (TPSA) is 52.6 Å². The lowest BCUT2D eigenvalue weighted by Gasteiger charge is -2.03. The molecule has 0 heterocycles. The third kappa shape index (κ3) is 3.42. The Labute approximate surface area is 87.8 Å². The van der Waals surface area contributed by atoms with E-state index in [9.17, 15) is 9.59 Å². The zero-order valence-corrected chi connectivity index (χ0v) is 8.65. The van der Waals surface area contributed by atoms with Gasteiger partial charge in [0.2, 0.25) is 0 Å². The van der Waals surface area contributed by atoms with Gasteiger partial charge in [-0.25, -0.2) is 4.79 Å². The van der Waals surface area contributed by atoms with Crippen molar-refractivity contribution in [1.82, 2.24) is 0 Å². The quantitative estimate of drug-likeness (QED) is 0.707. The van der Waals surface area contributed by atoms with Crippen LogP contribution in [0, 0.1) is 0 Å². The van der Waals surface area contributed by atoms with Gasteiger partial charge in [0.15, 0.2) is 0 Å². The number of hydrogen-bond donors (Lipinski definition) is 0. The van der Waals surface area contributed by atoms with Crippen molar-refractivity contribution >= 4 is 11.9 Å². The number of carbonyl (C=O) groups is 2. The number of carbonyl (C=O) groups excluding carboxylic acids is 2. The van der Waals surface area contributed by atoms with Gasteiger partial charge in [-0.05, 0) is 17.7 Å². The summed E-state index contributed by atoms with van der Waals surface area (Å²) in [5, 5.41) is 0. The molecule has 0 radical (unpaired) electrons. The maximum Gasteiger partial charge on any atom is 0.337 e. The van der Waals surface area contributed by atoms with Crippen molar-refractivity contribution in [2.24, 2.45) is 0 Å². The third-order valence-electron chi connectivity index (χ3n) is 1.82. The Morgan fingerprint density at radius 2 is 1.80 bits per heavy atom. The number of ether oxygens (including phenoxy) is 2. The molecule has 0 aliphatic heterocycles. The van der Waals surface area contributed by atoms with Gasteiger partial charge in [-0.3, -0.25) is 4.79 Å². The first-order valence-electron chi connectivity index (χ1n) is 4.44. The molecule has 0 atom stereocenters. The van der Waals surface area contributed by atoms with Crippen LogP contribution >= 0.6 is 0 Å². The van der Waals surface area contributed by atoms with Crippen LogP contribution in [0.1, 0.15) is 22.8 Å². The van der Waals surface area contributed by atoms with Crippen molar-refractivity contribution in [2.45, 2.75) is 13.5 Å². The normalized spacial score (nSPS) is 9.47. The number of rotatable bonds is 3. The minimum Gasteiger partial charge on any atom is -0.465 e. The molecule has 1 aromatic carbocycles. The maximum atomic E-state index is 11.1. The highest BCUT2D eigenvalue weighted by atomic mass is 16.5. The number of esters is 2. The van der Waals surface area contributed by atoms with Crippen molar-refractivity contribution in [3.8, 4) is 0 Å². The number of benzene rings is 1. The van der Waals surface area contributed by atoms with Crippen molar-refractivity contribution in [2.75, 3.05) is 7.11 Å². The SMILES string of the molecule is COC(=O)c1ccc(COC(C)=O)cc1. The number of hydrogen-bond acceptors (Lipinski definition) is 4. The Balaban J connectivity index is 2.64. The molecule has 0 N–H and O–H groups in total. The van der Waals surface area contributed by atoms with Gasteiger partial charge in [-0.2, -0.15) is 0 Å². The molecular formula is C11H12O4. The molecule has 0 aliphatic carbocycles. The summed E-state index contributed by atoms with van der Waals surface area (Å²) in [5.41, 5.74) is 1.31. The first-order chi connectivity index (χ1) is 7.13. The molecule has 1 aromatic rings. The number of methoxy groups -OCH3 is 1. The predicted molar refractivity (Wildman–Crippen MR) is 53.3 cm³/mol. The van der Waals surface area contributed by atoms with E-state index in [1.54, 1.807) is 24.3 Å². The standard InChI is InChI=1S/C11H12O4/c1-8(12)15-7-9-3-5-10(6-4-9)11(13)14-2/h3-6H,7H2,1-2H3. The van der Waals surface area contributed by atoms with Crippen molar-refractivity contribution < 1.29 is 19.1 Å². The summed E-state index contributed by atoms with van der Waals surface area (Å²) in [5.74, 6) is -0.707. The molecule has 0 saturated carbocycles. The lowest BCUT2D eigenvalue weighted by Crippen LogP contribution is -2.02. The van der Waals surface area contributed by atoms with E-state index < -0.39 is 0 Å². The average Bonchev–Trinajstić information content (AvgIpc) is 2.26. The second kappa shape index (κ2) is 5.14. The third-order valence-corrected chi connectivity index (χ3v) is 1.82. The van der Waals surface area contributed by atoms with Gasteiger partial charge in [0.1, 0.15) is 6.61 Å². The molecular weight excluding hydrogens is 196 g/mol. The molecule has 0 aromatic heterocycles. The molecule has 0 fully saturated rings.